The Kier molecular flexibility index (Phi) is 3.61. The van der Waals surface area contributed by atoms with Crippen molar-refractivity contribution in [2.75, 3.05) is 13.1 Å². The van der Waals surface area contributed by atoms with Crippen LogP contribution in [0.2, 0.25) is 0 Å². The largest absolute Gasteiger partial charge is 0.316 e. The molecule has 1 N–H and O–H groups in total. The molecule has 0 spiro atoms. The Morgan fingerprint density at radius 2 is 2.18 bits per heavy atom. The SMILES string of the molecule is C[C@@H](C(F)F)C1CNC[C@H]1c1ccnc(F)n1. The molecule has 1 aromatic heterocycles. The molecule has 0 bridgehead atoms. The highest BCUT2D eigenvalue weighted by Gasteiger charge is 2.37. The second-order valence-corrected chi connectivity index (χ2v) is 4.37. The third-order valence-corrected chi connectivity index (χ3v) is 3.36. The lowest BCUT2D eigenvalue weighted by molar-refractivity contribution is 0.0537. The van der Waals surface area contributed by atoms with Gasteiger partial charge in [-0.15, -0.1) is 0 Å². The normalized spacial score (nSPS) is 26.4. The molecule has 2 heterocycles. The first-order valence-corrected chi connectivity index (χ1v) is 5.57. The lowest BCUT2D eigenvalue weighted by Crippen LogP contribution is -2.25. The molecule has 6 heteroatoms. The van der Waals surface area contributed by atoms with Gasteiger partial charge in [0.05, 0.1) is 5.69 Å². The van der Waals surface area contributed by atoms with Gasteiger partial charge in [0.25, 0.3) is 0 Å². The molecule has 0 amide bonds. The van der Waals surface area contributed by atoms with E-state index in [-0.39, 0.29) is 11.8 Å². The predicted molar refractivity (Wildman–Crippen MR) is 56.3 cm³/mol. The molecule has 1 aliphatic rings. The maximum Gasteiger partial charge on any atom is 0.308 e. The highest BCUT2D eigenvalue weighted by atomic mass is 19.3. The molecule has 1 saturated heterocycles. The number of nitrogens with zero attached hydrogens (tertiary/aromatic N) is 2. The summed E-state index contributed by atoms with van der Waals surface area (Å²) in [6.07, 6.45) is -1.85. The summed E-state index contributed by atoms with van der Waals surface area (Å²) < 4.78 is 38.3. The summed E-state index contributed by atoms with van der Waals surface area (Å²) in [6, 6.07) is 1.59. The zero-order valence-electron chi connectivity index (χ0n) is 9.41. The van der Waals surface area contributed by atoms with Crippen LogP contribution in [0.3, 0.4) is 0 Å². The van der Waals surface area contributed by atoms with Crippen LogP contribution in [0, 0.1) is 17.9 Å². The van der Waals surface area contributed by atoms with Gasteiger partial charge < -0.3 is 5.32 Å². The van der Waals surface area contributed by atoms with E-state index in [2.05, 4.69) is 15.3 Å². The van der Waals surface area contributed by atoms with Crippen molar-refractivity contribution in [2.24, 2.45) is 11.8 Å². The first-order chi connectivity index (χ1) is 8.09. The minimum Gasteiger partial charge on any atom is -0.316 e. The number of nitrogens with one attached hydrogen (secondary N) is 1. The summed E-state index contributed by atoms with van der Waals surface area (Å²) in [4.78, 5) is 7.05. The van der Waals surface area contributed by atoms with Crippen molar-refractivity contribution in [3.63, 3.8) is 0 Å². The smallest absolute Gasteiger partial charge is 0.308 e. The summed E-state index contributed by atoms with van der Waals surface area (Å²) >= 11 is 0. The third-order valence-electron chi connectivity index (χ3n) is 3.36. The van der Waals surface area contributed by atoms with Crippen molar-refractivity contribution in [2.45, 2.75) is 19.3 Å². The Labute approximate surface area is 97.5 Å². The molecule has 0 aromatic carbocycles. The highest BCUT2D eigenvalue weighted by Crippen LogP contribution is 2.34. The Bertz CT molecular complexity index is 386. The number of alkyl halides is 2. The molecule has 0 aliphatic carbocycles. The van der Waals surface area contributed by atoms with Gasteiger partial charge in [0, 0.05) is 24.6 Å². The van der Waals surface area contributed by atoms with Crippen molar-refractivity contribution in [1.82, 2.24) is 15.3 Å². The van der Waals surface area contributed by atoms with E-state index in [1.165, 1.54) is 13.1 Å². The van der Waals surface area contributed by atoms with E-state index in [0.29, 0.717) is 18.8 Å². The molecular weight excluding hydrogens is 231 g/mol. The molecular formula is C11H14F3N3. The van der Waals surface area contributed by atoms with Crippen LogP contribution in [-0.2, 0) is 0 Å². The average Bonchev–Trinajstić information content (AvgIpc) is 2.76. The van der Waals surface area contributed by atoms with Gasteiger partial charge in [0.15, 0.2) is 0 Å². The number of aromatic nitrogens is 2. The van der Waals surface area contributed by atoms with Gasteiger partial charge in [-0.3, -0.25) is 0 Å². The van der Waals surface area contributed by atoms with E-state index in [4.69, 9.17) is 0 Å². The molecule has 3 atom stereocenters. The maximum absolute atomic E-state index is 12.9. The summed E-state index contributed by atoms with van der Waals surface area (Å²) in [5.74, 6) is -1.12. The van der Waals surface area contributed by atoms with Crippen molar-refractivity contribution >= 4 is 0 Å². The summed E-state index contributed by atoms with van der Waals surface area (Å²) in [6.45, 7) is 2.59. The fraction of sp³-hybridized carbons (Fsp3) is 0.636. The van der Waals surface area contributed by atoms with Gasteiger partial charge in [0.2, 0.25) is 6.43 Å². The zero-order valence-corrected chi connectivity index (χ0v) is 9.41. The predicted octanol–water partition coefficient (Wildman–Crippen LogP) is 1.82. The Hall–Kier alpha value is -1.17. The molecule has 1 aromatic rings. The van der Waals surface area contributed by atoms with E-state index in [0.717, 1.165) is 0 Å². The minimum absolute atomic E-state index is 0.170. The number of halogens is 3. The second-order valence-electron chi connectivity index (χ2n) is 4.37. The molecule has 1 unspecified atom stereocenters. The zero-order chi connectivity index (χ0) is 12.4. The van der Waals surface area contributed by atoms with E-state index in [1.54, 1.807) is 6.07 Å². The van der Waals surface area contributed by atoms with E-state index < -0.39 is 18.4 Å². The maximum atomic E-state index is 12.9. The molecule has 0 radical (unpaired) electrons. The average molecular weight is 245 g/mol. The molecule has 1 aliphatic heterocycles. The minimum atomic E-state index is -2.37. The van der Waals surface area contributed by atoms with Crippen molar-refractivity contribution < 1.29 is 13.2 Å². The first-order valence-electron chi connectivity index (χ1n) is 5.57. The van der Waals surface area contributed by atoms with Crippen LogP contribution >= 0.6 is 0 Å². The van der Waals surface area contributed by atoms with Gasteiger partial charge in [-0.05, 0) is 18.5 Å². The quantitative estimate of drug-likeness (QED) is 0.825. The number of rotatable bonds is 3. The molecule has 3 nitrogen and oxygen atoms in total. The standard InChI is InChI=1S/C11H14F3N3/c1-6(10(12)13)7-4-15-5-8(7)9-2-3-16-11(14)17-9/h2-3,6-8,10,15H,4-5H2,1H3/t6-,7?,8-/m1/s1. The molecule has 94 valence electrons. The van der Waals surface area contributed by atoms with E-state index in [1.807, 2.05) is 0 Å². The molecule has 1 fully saturated rings. The van der Waals surface area contributed by atoms with Crippen LogP contribution in [0.1, 0.15) is 18.5 Å². The Balaban J connectivity index is 2.20. The Morgan fingerprint density at radius 1 is 1.41 bits per heavy atom. The van der Waals surface area contributed by atoms with Crippen LogP contribution in [0.4, 0.5) is 13.2 Å². The first kappa shape index (κ1) is 12.3. The van der Waals surface area contributed by atoms with Crippen molar-refractivity contribution in [3.05, 3.63) is 24.0 Å². The molecule has 17 heavy (non-hydrogen) atoms. The van der Waals surface area contributed by atoms with Crippen LogP contribution in [0.15, 0.2) is 12.3 Å². The van der Waals surface area contributed by atoms with Gasteiger partial charge in [-0.2, -0.15) is 4.39 Å². The second kappa shape index (κ2) is 5.00. The molecule has 2 rings (SSSR count). The van der Waals surface area contributed by atoms with Crippen molar-refractivity contribution in [1.29, 1.82) is 0 Å². The van der Waals surface area contributed by atoms with Crippen LogP contribution in [0.25, 0.3) is 0 Å². The Morgan fingerprint density at radius 3 is 2.82 bits per heavy atom. The van der Waals surface area contributed by atoms with E-state index in [9.17, 15) is 13.2 Å². The lowest BCUT2D eigenvalue weighted by Gasteiger charge is -2.23. The van der Waals surface area contributed by atoms with Crippen LogP contribution in [0.5, 0.6) is 0 Å². The summed E-state index contributed by atoms with van der Waals surface area (Å²) in [5, 5.41) is 3.06. The summed E-state index contributed by atoms with van der Waals surface area (Å²) in [7, 11) is 0. The fourth-order valence-corrected chi connectivity index (χ4v) is 2.32. The van der Waals surface area contributed by atoms with Crippen molar-refractivity contribution in [3.8, 4) is 0 Å². The van der Waals surface area contributed by atoms with Gasteiger partial charge in [0.1, 0.15) is 0 Å². The topological polar surface area (TPSA) is 37.8 Å². The highest BCUT2D eigenvalue weighted by molar-refractivity contribution is 5.12. The number of hydrogen-bond donors (Lipinski definition) is 1. The lowest BCUT2D eigenvalue weighted by atomic mass is 9.83. The van der Waals surface area contributed by atoms with Crippen LogP contribution in [-0.4, -0.2) is 29.5 Å². The fourth-order valence-electron chi connectivity index (χ4n) is 2.32. The summed E-state index contributed by atoms with van der Waals surface area (Å²) in [5.41, 5.74) is 0.500. The van der Waals surface area contributed by atoms with Gasteiger partial charge >= 0.3 is 6.08 Å². The van der Waals surface area contributed by atoms with Crippen LogP contribution < -0.4 is 5.32 Å². The molecule has 0 saturated carbocycles. The van der Waals surface area contributed by atoms with Gasteiger partial charge in [-0.25, -0.2) is 18.7 Å². The van der Waals surface area contributed by atoms with Gasteiger partial charge in [-0.1, -0.05) is 6.92 Å². The monoisotopic (exact) mass is 245 g/mol. The number of hydrogen-bond acceptors (Lipinski definition) is 3. The third kappa shape index (κ3) is 2.57. The van der Waals surface area contributed by atoms with E-state index >= 15 is 0 Å².